The van der Waals surface area contributed by atoms with E-state index in [1.807, 2.05) is 32.9 Å². The average molecular weight is 394 g/mol. The van der Waals surface area contributed by atoms with Crippen molar-refractivity contribution in [1.82, 2.24) is 5.32 Å². The van der Waals surface area contributed by atoms with Crippen molar-refractivity contribution in [2.45, 2.75) is 33.1 Å². The Bertz CT molecular complexity index is 854. The number of benzene rings is 2. The molecule has 0 saturated carbocycles. The Balaban J connectivity index is 1.95. The van der Waals surface area contributed by atoms with Gasteiger partial charge >= 0.3 is 18.0 Å². The van der Waals surface area contributed by atoms with Gasteiger partial charge in [-0.3, -0.25) is 9.59 Å². The highest BCUT2D eigenvalue weighted by molar-refractivity contribution is 6.39. The number of aliphatic hydroxyl groups excluding tert-OH is 1. The molecule has 0 aliphatic carbocycles. The summed E-state index contributed by atoms with van der Waals surface area (Å²) in [5, 5.41) is 14.8. The summed E-state index contributed by atoms with van der Waals surface area (Å²) in [7, 11) is 0. The number of anilines is 1. The van der Waals surface area contributed by atoms with Crippen molar-refractivity contribution in [2.75, 3.05) is 11.9 Å². The van der Waals surface area contributed by atoms with Gasteiger partial charge in [-0.1, -0.05) is 29.8 Å². The monoisotopic (exact) mass is 394 g/mol. The number of carbonyl (C=O) groups excluding carboxylic acids is 2. The van der Waals surface area contributed by atoms with Crippen LogP contribution >= 0.6 is 0 Å². The third kappa shape index (κ3) is 5.32. The van der Waals surface area contributed by atoms with Gasteiger partial charge < -0.3 is 15.7 Å². The molecular weight excluding hydrogens is 373 g/mol. The predicted octanol–water partition coefficient (Wildman–Crippen LogP) is 3.42. The fourth-order valence-electron chi connectivity index (χ4n) is 2.83. The Kier molecular flexibility index (Phi) is 6.45. The van der Waals surface area contributed by atoms with Gasteiger partial charge in [0.1, 0.15) is 0 Å². The first-order valence-corrected chi connectivity index (χ1v) is 8.51. The maximum atomic E-state index is 12.6. The summed E-state index contributed by atoms with van der Waals surface area (Å²) in [6.07, 6.45) is -5.72. The quantitative estimate of drug-likeness (QED) is 0.696. The molecule has 150 valence electrons. The van der Waals surface area contributed by atoms with Crippen molar-refractivity contribution in [2.24, 2.45) is 0 Å². The zero-order valence-electron chi connectivity index (χ0n) is 15.6. The number of aryl methyl sites for hydroxylation is 3. The molecule has 2 amide bonds. The smallest absolute Gasteiger partial charge is 0.387 e. The number of nitrogens with one attached hydrogen (secondary N) is 2. The average Bonchev–Trinajstić information content (AvgIpc) is 2.61. The van der Waals surface area contributed by atoms with Gasteiger partial charge in [-0.15, -0.1) is 0 Å². The Hall–Kier alpha value is -2.87. The number of hydrogen-bond acceptors (Lipinski definition) is 3. The lowest BCUT2D eigenvalue weighted by atomic mass is 10.1. The molecule has 1 unspecified atom stereocenters. The van der Waals surface area contributed by atoms with E-state index in [0.29, 0.717) is 5.69 Å². The number of halogens is 3. The Morgan fingerprint density at radius 3 is 2.04 bits per heavy atom. The van der Waals surface area contributed by atoms with Gasteiger partial charge in [-0.05, 0) is 49.6 Å². The Morgan fingerprint density at radius 2 is 1.54 bits per heavy atom. The number of aliphatic hydroxyl groups is 1. The van der Waals surface area contributed by atoms with E-state index in [-0.39, 0.29) is 12.1 Å². The minimum absolute atomic E-state index is 0.193. The lowest BCUT2D eigenvalue weighted by Crippen LogP contribution is -2.37. The number of rotatable bonds is 4. The summed E-state index contributed by atoms with van der Waals surface area (Å²) in [6, 6.07) is 7.67. The van der Waals surface area contributed by atoms with Crippen LogP contribution in [-0.2, 0) is 15.8 Å². The van der Waals surface area contributed by atoms with Crippen molar-refractivity contribution in [3.05, 3.63) is 64.2 Å². The van der Waals surface area contributed by atoms with Crippen LogP contribution in [0.3, 0.4) is 0 Å². The minimum Gasteiger partial charge on any atom is -0.387 e. The Morgan fingerprint density at radius 1 is 1.00 bits per heavy atom. The molecule has 8 heteroatoms. The molecule has 3 N–H and O–H groups in total. The first-order chi connectivity index (χ1) is 13.0. The third-order valence-electron chi connectivity index (χ3n) is 4.20. The topological polar surface area (TPSA) is 78.4 Å². The lowest BCUT2D eigenvalue weighted by Gasteiger charge is -2.15. The molecule has 0 radical (unpaired) electrons. The molecule has 0 saturated heterocycles. The molecule has 28 heavy (non-hydrogen) atoms. The van der Waals surface area contributed by atoms with Crippen LogP contribution in [0.1, 0.15) is 33.9 Å². The molecule has 0 spiro atoms. The predicted molar refractivity (Wildman–Crippen MR) is 98.7 cm³/mol. The maximum Gasteiger partial charge on any atom is 0.416 e. The second-order valence-electron chi connectivity index (χ2n) is 6.57. The molecule has 0 aliphatic rings. The van der Waals surface area contributed by atoms with E-state index in [9.17, 15) is 27.9 Å². The summed E-state index contributed by atoms with van der Waals surface area (Å²) in [6.45, 7) is 5.22. The van der Waals surface area contributed by atoms with E-state index in [0.717, 1.165) is 41.0 Å². The van der Waals surface area contributed by atoms with Crippen LogP contribution < -0.4 is 10.6 Å². The molecule has 2 aromatic carbocycles. The van der Waals surface area contributed by atoms with Gasteiger partial charge in [-0.2, -0.15) is 13.2 Å². The molecule has 0 heterocycles. The van der Waals surface area contributed by atoms with Gasteiger partial charge in [0.25, 0.3) is 0 Å². The van der Waals surface area contributed by atoms with Crippen LogP contribution in [0, 0.1) is 20.8 Å². The highest BCUT2D eigenvalue weighted by atomic mass is 19.4. The highest BCUT2D eigenvalue weighted by Gasteiger charge is 2.30. The summed E-state index contributed by atoms with van der Waals surface area (Å²) >= 11 is 0. The van der Waals surface area contributed by atoms with Crippen molar-refractivity contribution in [3.8, 4) is 0 Å². The molecule has 0 bridgehead atoms. The van der Waals surface area contributed by atoms with Crippen LogP contribution in [-0.4, -0.2) is 23.5 Å². The summed E-state index contributed by atoms with van der Waals surface area (Å²) in [5.74, 6) is -1.85. The molecule has 0 aliphatic heterocycles. The van der Waals surface area contributed by atoms with Crippen molar-refractivity contribution in [1.29, 1.82) is 0 Å². The van der Waals surface area contributed by atoms with Gasteiger partial charge in [0.05, 0.1) is 11.7 Å². The number of hydrogen-bond donors (Lipinski definition) is 3. The minimum atomic E-state index is -4.47. The second-order valence-corrected chi connectivity index (χ2v) is 6.57. The summed E-state index contributed by atoms with van der Waals surface area (Å²) < 4.78 is 37.7. The van der Waals surface area contributed by atoms with Gasteiger partial charge in [-0.25, -0.2) is 0 Å². The SMILES string of the molecule is Cc1cc(C)c(NC(=O)C(=O)NCC(O)c2ccc(C(F)(F)F)cc2)c(C)c1. The fourth-order valence-corrected chi connectivity index (χ4v) is 2.83. The number of alkyl halides is 3. The summed E-state index contributed by atoms with van der Waals surface area (Å²) in [5.41, 5.74) is 2.53. The molecule has 5 nitrogen and oxygen atoms in total. The van der Waals surface area contributed by atoms with Crippen LogP contribution in [0.5, 0.6) is 0 Å². The number of carbonyl (C=O) groups is 2. The van der Waals surface area contributed by atoms with Gasteiger partial charge in [0, 0.05) is 12.2 Å². The van der Waals surface area contributed by atoms with E-state index in [1.165, 1.54) is 0 Å². The molecule has 2 aromatic rings. The van der Waals surface area contributed by atoms with Crippen LogP contribution in [0.4, 0.5) is 18.9 Å². The van der Waals surface area contributed by atoms with Crippen LogP contribution in [0.25, 0.3) is 0 Å². The van der Waals surface area contributed by atoms with E-state index in [1.54, 1.807) is 0 Å². The molecule has 1 atom stereocenters. The number of amides is 2. The zero-order chi connectivity index (χ0) is 21.1. The third-order valence-corrected chi connectivity index (χ3v) is 4.20. The maximum absolute atomic E-state index is 12.6. The van der Waals surface area contributed by atoms with E-state index in [4.69, 9.17) is 0 Å². The lowest BCUT2D eigenvalue weighted by molar-refractivity contribution is -0.137. The van der Waals surface area contributed by atoms with E-state index in [2.05, 4.69) is 10.6 Å². The zero-order valence-corrected chi connectivity index (χ0v) is 15.6. The highest BCUT2D eigenvalue weighted by Crippen LogP contribution is 2.29. The Labute approximate surface area is 160 Å². The van der Waals surface area contributed by atoms with E-state index >= 15 is 0 Å². The van der Waals surface area contributed by atoms with Crippen LogP contribution in [0.2, 0.25) is 0 Å². The second kappa shape index (κ2) is 8.43. The fraction of sp³-hybridized carbons (Fsp3) is 0.300. The van der Waals surface area contributed by atoms with E-state index < -0.39 is 29.7 Å². The molecule has 0 fully saturated rings. The molecule has 2 rings (SSSR count). The van der Waals surface area contributed by atoms with Gasteiger partial charge in [0.15, 0.2) is 0 Å². The normalized spacial score (nSPS) is 12.4. The van der Waals surface area contributed by atoms with Crippen LogP contribution in [0.15, 0.2) is 36.4 Å². The van der Waals surface area contributed by atoms with Crippen molar-refractivity contribution >= 4 is 17.5 Å². The van der Waals surface area contributed by atoms with Crippen molar-refractivity contribution in [3.63, 3.8) is 0 Å². The molecule has 0 aromatic heterocycles. The molecular formula is C20H21F3N2O3. The first kappa shape index (κ1) is 21.4. The largest absolute Gasteiger partial charge is 0.416 e. The standard InChI is InChI=1S/C20H21F3N2O3/c1-11-8-12(2)17(13(3)9-11)25-19(28)18(27)24-10-16(26)14-4-6-15(7-5-14)20(21,22)23/h4-9,16,26H,10H2,1-3H3,(H,24,27)(H,25,28). The van der Waals surface area contributed by atoms with Gasteiger partial charge in [0.2, 0.25) is 0 Å². The van der Waals surface area contributed by atoms with Crippen molar-refractivity contribution < 1.29 is 27.9 Å². The first-order valence-electron chi connectivity index (χ1n) is 8.51. The summed E-state index contributed by atoms with van der Waals surface area (Å²) in [4.78, 5) is 24.1.